The summed E-state index contributed by atoms with van der Waals surface area (Å²) in [4.78, 5) is 0. The van der Waals surface area contributed by atoms with E-state index < -0.39 is 8.07 Å². The molecule has 0 aliphatic carbocycles. The SMILES string of the molecule is CCc1[cH-]c2ccccc2c1[Si](c1ccccc1)(c1ccccc1)c1c(CC)[cH-]c2ccccc12.[CH2-]CCC.[CH2-]CCC.[Ti+4]. The largest absolute Gasteiger partial charge is 4.00 e. The van der Waals surface area contributed by atoms with E-state index in [2.05, 4.69) is 163 Å². The zero-order chi connectivity index (χ0) is 30.7. The fourth-order valence-corrected chi connectivity index (χ4v) is 12.1. The number of benzene rings is 4. The monoisotopic (exact) mass is 628 g/mol. The van der Waals surface area contributed by atoms with E-state index in [1.165, 1.54) is 55.9 Å². The molecule has 6 aromatic carbocycles. The first-order valence-electron chi connectivity index (χ1n) is 16.2. The molecule has 0 aromatic heterocycles. The summed E-state index contributed by atoms with van der Waals surface area (Å²) in [6, 6.07) is 45.8. The molecule has 0 unspecified atom stereocenters. The van der Waals surface area contributed by atoms with E-state index in [0.29, 0.717) is 0 Å². The molecule has 0 N–H and O–H groups in total. The van der Waals surface area contributed by atoms with Crippen molar-refractivity contribution in [2.24, 2.45) is 0 Å². The Morgan fingerprint density at radius 3 is 1.14 bits per heavy atom. The van der Waals surface area contributed by atoms with Crippen LogP contribution in [0, 0.1) is 13.8 Å². The Morgan fingerprint density at radius 2 is 0.818 bits per heavy atom. The summed E-state index contributed by atoms with van der Waals surface area (Å²) in [5.41, 5.74) is 2.97. The molecule has 0 heterocycles. The predicted molar refractivity (Wildman–Crippen MR) is 196 cm³/mol. The minimum Gasteiger partial charge on any atom is -0.343 e. The van der Waals surface area contributed by atoms with Gasteiger partial charge in [0, 0.05) is 0 Å². The molecule has 0 fully saturated rings. The summed E-state index contributed by atoms with van der Waals surface area (Å²) < 4.78 is 0. The number of hydrogen-bond donors (Lipinski definition) is 0. The standard InChI is InChI=1S/C34H30Si.2C4H9.Ti/c1-3-25-23-27-15-11-13-21-31(27)33(25)35(29-17-7-5-8-18-29,30-19-9-6-10-20-30)34-26(4-2)24-28-16-12-14-22-32(28)34;2*1-3-4-2;/h5-24H,3-4H2,1-2H3;2*1,3-4H2,2H3;/q-2;2*-1;+4. The van der Waals surface area contributed by atoms with Crippen molar-refractivity contribution >= 4 is 50.4 Å². The van der Waals surface area contributed by atoms with Crippen LogP contribution in [0.2, 0.25) is 0 Å². The van der Waals surface area contributed by atoms with E-state index in [1.54, 1.807) is 10.4 Å². The van der Waals surface area contributed by atoms with Gasteiger partial charge in [0.1, 0.15) is 0 Å². The van der Waals surface area contributed by atoms with Gasteiger partial charge in [0.05, 0.1) is 8.07 Å². The van der Waals surface area contributed by atoms with E-state index in [9.17, 15) is 0 Å². The summed E-state index contributed by atoms with van der Waals surface area (Å²) in [5.74, 6) is 0. The van der Waals surface area contributed by atoms with Crippen LogP contribution >= 0.6 is 0 Å². The molecule has 0 aliphatic heterocycles. The molecule has 0 spiro atoms. The van der Waals surface area contributed by atoms with Crippen LogP contribution in [0.5, 0.6) is 0 Å². The number of fused-ring (bicyclic) bond motifs is 2. The molecular formula is C42H48SiTi. The third-order valence-electron chi connectivity index (χ3n) is 8.39. The van der Waals surface area contributed by atoms with Gasteiger partial charge < -0.3 is 13.8 Å². The van der Waals surface area contributed by atoms with Crippen molar-refractivity contribution < 1.29 is 21.7 Å². The van der Waals surface area contributed by atoms with Crippen LogP contribution in [-0.2, 0) is 34.6 Å². The van der Waals surface area contributed by atoms with Gasteiger partial charge in [0.2, 0.25) is 0 Å². The Hall–Kier alpha value is -2.97. The number of aryl methyl sites for hydroxylation is 2. The third kappa shape index (κ3) is 7.12. The zero-order valence-corrected chi connectivity index (χ0v) is 29.8. The molecule has 6 aromatic rings. The minimum atomic E-state index is -2.66. The summed E-state index contributed by atoms with van der Waals surface area (Å²) in [7, 11) is -2.66. The average molecular weight is 629 g/mol. The maximum absolute atomic E-state index is 3.60. The molecule has 0 amide bonds. The maximum atomic E-state index is 3.60. The van der Waals surface area contributed by atoms with Crippen molar-refractivity contribution in [1.29, 1.82) is 0 Å². The van der Waals surface area contributed by atoms with Crippen LogP contribution in [0.1, 0.15) is 64.5 Å². The number of rotatable bonds is 8. The van der Waals surface area contributed by atoms with Gasteiger partial charge in [0.15, 0.2) is 0 Å². The molecule has 0 radical (unpaired) electrons. The number of hydrogen-bond acceptors (Lipinski definition) is 0. The van der Waals surface area contributed by atoms with Crippen LogP contribution in [0.3, 0.4) is 0 Å². The third-order valence-corrected chi connectivity index (χ3v) is 13.5. The van der Waals surface area contributed by atoms with Gasteiger partial charge in [-0.2, -0.15) is 12.8 Å². The fraction of sp³-hybridized carbons (Fsp3) is 0.238. The van der Waals surface area contributed by atoms with Gasteiger partial charge >= 0.3 is 21.7 Å². The quantitative estimate of drug-likeness (QED) is 0.117. The van der Waals surface area contributed by atoms with Crippen molar-refractivity contribution in [3.63, 3.8) is 0 Å². The van der Waals surface area contributed by atoms with Crippen LogP contribution in [0.15, 0.2) is 121 Å². The molecule has 0 atom stereocenters. The number of unbranched alkanes of at least 4 members (excludes halogenated alkanes) is 2. The first kappa shape index (κ1) is 35.5. The van der Waals surface area contributed by atoms with Gasteiger partial charge in [-0.1, -0.05) is 124 Å². The van der Waals surface area contributed by atoms with Crippen molar-refractivity contribution in [1.82, 2.24) is 0 Å². The second-order valence-electron chi connectivity index (χ2n) is 11.2. The first-order chi connectivity index (χ1) is 21.1. The first-order valence-corrected chi connectivity index (χ1v) is 18.2. The summed E-state index contributed by atoms with van der Waals surface area (Å²) in [6.07, 6.45) is 6.61. The molecule has 6 rings (SSSR count). The minimum absolute atomic E-state index is 0. The van der Waals surface area contributed by atoms with Crippen LogP contribution in [0.4, 0.5) is 0 Å². The second kappa shape index (κ2) is 17.5. The van der Waals surface area contributed by atoms with Gasteiger partial charge in [0.25, 0.3) is 0 Å². The molecule has 0 bridgehead atoms. The Labute approximate surface area is 283 Å². The Kier molecular flexibility index (Phi) is 14.1. The van der Waals surface area contributed by atoms with E-state index in [0.717, 1.165) is 25.7 Å². The summed E-state index contributed by atoms with van der Waals surface area (Å²) in [5, 5.41) is 11.6. The van der Waals surface area contributed by atoms with E-state index in [4.69, 9.17) is 0 Å². The molecule has 44 heavy (non-hydrogen) atoms. The Balaban J connectivity index is 0.000000528. The van der Waals surface area contributed by atoms with Crippen molar-refractivity contribution in [3.8, 4) is 0 Å². The van der Waals surface area contributed by atoms with Gasteiger partial charge in [-0.05, 0) is 12.8 Å². The molecule has 2 heteroatoms. The van der Waals surface area contributed by atoms with Gasteiger partial charge in [-0.3, -0.25) is 0 Å². The Bertz CT molecular complexity index is 1540. The van der Waals surface area contributed by atoms with Crippen LogP contribution in [-0.4, -0.2) is 8.07 Å². The molecule has 0 nitrogen and oxygen atoms in total. The zero-order valence-electron chi connectivity index (χ0n) is 27.2. The van der Waals surface area contributed by atoms with Crippen LogP contribution in [0.25, 0.3) is 21.5 Å². The van der Waals surface area contributed by atoms with Gasteiger partial charge in [-0.15, -0.1) is 91.6 Å². The van der Waals surface area contributed by atoms with E-state index in [1.807, 2.05) is 0 Å². The normalized spacial score (nSPS) is 10.9. The fourth-order valence-electron chi connectivity index (χ4n) is 6.26. The van der Waals surface area contributed by atoms with E-state index >= 15 is 0 Å². The van der Waals surface area contributed by atoms with Crippen LogP contribution < -0.4 is 20.7 Å². The molecule has 0 aliphatic rings. The topological polar surface area (TPSA) is 0 Å². The average Bonchev–Trinajstić information content (AvgIpc) is 3.66. The maximum Gasteiger partial charge on any atom is 4.00 e. The van der Waals surface area contributed by atoms with Crippen molar-refractivity contribution in [2.45, 2.75) is 66.2 Å². The van der Waals surface area contributed by atoms with Crippen molar-refractivity contribution in [3.05, 3.63) is 146 Å². The molecule has 224 valence electrons. The second-order valence-corrected chi connectivity index (χ2v) is 14.8. The van der Waals surface area contributed by atoms with Gasteiger partial charge in [-0.25, -0.2) is 0 Å². The predicted octanol–water partition coefficient (Wildman–Crippen LogP) is 9.17. The summed E-state index contributed by atoms with van der Waals surface area (Å²) in [6.45, 7) is 16.1. The molecule has 0 saturated carbocycles. The smallest absolute Gasteiger partial charge is 0.343 e. The summed E-state index contributed by atoms with van der Waals surface area (Å²) >= 11 is 0. The Morgan fingerprint density at radius 1 is 0.500 bits per heavy atom. The van der Waals surface area contributed by atoms with Crippen molar-refractivity contribution in [2.75, 3.05) is 0 Å². The molecular weight excluding hydrogens is 580 g/mol. The van der Waals surface area contributed by atoms with E-state index in [-0.39, 0.29) is 21.7 Å². The molecule has 0 saturated heterocycles.